The largest absolute Gasteiger partial charge is 0.507 e. The van der Waals surface area contributed by atoms with Gasteiger partial charge in [-0.2, -0.15) is 11.8 Å². The average Bonchev–Trinajstić information content (AvgIpc) is 2.61. The number of benzene rings is 2. The van der Waals surface area contributed by atoms with E-state index in [2.05, 4.69) is 0 Å². The van der Waals surface area contributed by atoms with E-state index in [0.717, 1.165) is 6.42 Å². The minimum Gasteiger partial charge on any atom is -0.507 e. The number of phenolic OH excluding ortho intramolecular Hbond substituents is 4. The van der Waals surface area contributed by atoms with Crippen LogP contribution in [0, 0.1) is 0 Å². The van der Waals surface area contributed by atoms with Crippen LogP contribution in [0.1, 0.15) is 41.4 Å². The van der Waals surface area contributed by atoms with Crippen LogP contribution in [0.2, 0.25) is 0 Å². The van der Waals surface area contributed by atoms with Crippen molar-refractivity contribution in [3.8, 4) is 28.7 Å². The third-order valence-corrected chi connectivity index (χ3v) is 5.83. The van der Waals surface area contributed by atoms with Gasteiger partial charge in [0.25, 0.3) is 0 Å². The number of aliphatic hydroxyl groups is 1. The van der Waals surface area contributed by atoms with Gasteiger partial charge in [-0.1, -0.05) is 13.0 Å². The zero-order valence-corrected chi connectivity index (χ0v) is 15.3. The molecule has 7 heteroatoms. The fraction of sp³-hybridized carbons (Fsp3) is 0.368. The van der Waals surface area contributed by atoms with Crippen molar-refractivity contribution in [3.05, 3.63) is 41.0 Å². The molecule has 2 aromatic rings. The number of hydrogen-bond donors (Lipinski definition) is 5. The van der Waals surface area contributed by atoms with E-state index < -0.39 is 12.2 Å². The van der Waals surface area contributed by atoms with E-state index in [1.54, 1.807) is 17.8 Å². The SMILES string of the molecule is CCC(SC)c1c(O)cc(O)c2c1O[C@H](c1ccc(O)c(O)c1)[C@@H](O)C2. The lowest BCUT2D eigenvalue weighted by Gasteiger charge is -2.34. The first kappa shape index (κ1) is 18.5. The van der Waals surface area contributed by atoms with Crippen molar-refractivity contribution in [1.29, 1.82) is 0 Å². The highest BCUT2D eigenvalue weighted by Gasteiger charge is 2.36. The maximum Gasteiger partial charge on any atom is 0.157 e. The number of fused-ring (bicyclic) bond motifs is 1. The molecule has 0 aromatic heterocycles. The van der Waals surface area contributed by atoms with Gasteiger partial charge in [-0.3, -0.25) is 0 Å². The summed E-state index contributed by atoms with van der Waals surface area (Å²) < 4.78 is 6.03. The van der Waals surface area contributed by atoms with Crippen LogP contribution in [0.15, 0.2) is 24.3 Å². The predicted molar refractivity (Wildman–Crippen MR) is 99.2 cm³/mol. The first-order valence-corrected chi connectivity index (χ1v) is 9.63. The molecule has 0 bridgehead atoms. The van der Waals surface area contributed by atoms with Gasteiger partial charge < -0.3 is 30.3 Å². The minimum absolute atomic E-state index is 0.0338. The van der Waals surface area contributed by atoms with Crippen molar-refractivity contribution in [3.63, 3.8) is 0 Å². The molecule has 3 atom stereocenters. The Labute approximate surface area is 155 Å². The summed E-state index contributed by atoms with van der Waals surface area (Å²) in [5.41, 5.74) is 1.54. The van der Waals surface area contributed by atoms with E-state index in [1.807, 2.05) is 13.2 Å². The molecule has 0 spiro atoms. The second-order valence-corrected chi connectivity index (χ2v) is 7.37. The van der Waals surface area contributed by atoms with Crippen molar-refractivity contribution in [2.24, 2.45) is 0 Å². The summed E-state index contributed by atoms with van der Waals surface area (Å²) in [6, 6.07) is 5.51. The molecule has 1 aliphatic heterocycles. The van der Waals surface area contributed by atoms with Gasteiger partial charge in [-0.15, -0.1) is 0 Å². The fourth-order valence-corrected chi connectivity index (χ4v) is 4.15. The molecule has 1 aliphatic rings. The Morgan fingerprint density at radius 3 is 2.42 bits per heavy atom. The highest BCUT2D eigenvalue weighted by molar-refractivity contribution is 7.98. The molecule has 1 unspecified atom stereocenters. The molecule has 0 aliphatic carbocycles. The first-order valence-electron chi connectivity index (χ1n) is 8.34. The summed E-state index contributed by atoms with van der Waals surface area (Å²) in [4.78, 5) is 0. The summed E-state index contributed by atoms with van der Waals surface area (Å²) in [6.07, 6.45) is 1.08. The molecule has 0 fully saturated rings. The zero-order chi connectivity index (χ0) is 19.0. The molecule has 0 saturated heterocycles. The molecule has 1 heterocycles. The topological polar surface area (TPSA) is 110 Å². The number of thioether (sulfide) groups is 1. The van der Waals surface area contributed by atoms with E-state index in [0.29, 0.717) is 22.4 Å². The summed E-state index contributed by atoms with van der Waals surface area (Å²) in [5.74, 6) is -0.372. The summed E-state index contributed by atoms with van der Waals surface area (Å²) in [6.45, 7) is 1.99. The van der Waals surface area contributed by atoms with Gasteiger partial charge >= 0.3 is 0 Å². The molecular formula is C19H22O6S. The van der Waals surface area contributed by atoms with Crippen LogP contribution in [0.25, 0.3) is 0 Å². The van der Waals surface area contributed by atoms with E-state index in [4.69, 9.17) is 4.74 Å². The molecule has 140 valence electrons. The number of phenols is 4. The highest BCUT2D eigenvalue weighted by atomic mass is 32.2. The van der Waals surface area contributed by atoms with Crippen LogP contribution in [0.4, 0.5) is 0 Å². The molecule has 0 radical (unpaired) electrons. The molecule has 6 nitrogen and oxygen atoms in total. The summed E-state index contributed by atoms with van der Waals surface area (Å²) in [5, 5.41) is 50.3. The maximum absolute atomic E-state index is 10.5. The van der Waals surface area contributed by atoms with Crippen molar-refractivity contribution in [1.82, 2.24) is 0 Å². The van der Waals surface area contributed by atoms with Crippen molar-refractivity contribution < 1.29 is 30.3 Å². The van der Waals surface area contributed by atoms with Gasteiger partial charge in [-0.05, 0) is 30.4 Å². The number of rotatable bonds is 4. The van der Waals surface area contributed by atoms with Crippen LogP contribution < -0.4 is 4.74 Å². The van der Waals surface area contributed by atoms with Gasteiger partial charge in [0.1, 0.15) is 23.4 Å². The standard InChI is InChI=1S/C19H22O6S/c1-3-16(26-2)17-14(23)8-12(21)10-7-15(24)18(25-19(10)17)9-4-5-11(20)13(22)6-9/h4-6,8,15-16,18,20-24H,3,7H2,1-2H3/t15-,16?,18+/m0/s1. The number of aliphatic hydroxyl groups excluding tert-OH is 1. The Morgan fingerprint density at radius 2 is 1.81 bits per heavy atom. The highest BCUT2D eigenvalue weighted by Crippen LogP contribution is 2.51. The predicted octanol–water partition coefficient (Wildman–Crippen LogP) is 3.36. The molecule has 2 aromatic carbocycles. The molecule has 0 saturated carbocycles. The normalized spacial score (nSPS) is 20.3. The molecule has 5 N–H and O–H groups in total. The van der Waals surface area contributed by atoms with Crippen molar-refractivity contribution in [2.45, 2.75) is 37.2 Å². The van der Waals surface area contributed by atoms with Gasteiger partial charge in [0, 0.05) is 28.9 Å². The second-order valence-electron chi connectivity index (χ2n) is 6.33. The first-order chi connectivity index (χ1) is 12.4. The van der Waals surface area contributed by atoms with Crippen LogP contribution in [0.3, 0.4) is 0 Å². The molecular weight excluding hydrogens is 356 g/mol. The summed E-state index contributed by atoms with van der Waals surface area (Å²) in [7, 11) is 0. The van der Waals surface area contributed by atoms with E-state index in [1.165, 1.54) is 18.2 Å². The minimum atomic E-state index is -0.955. The Kier molecular flexibility index (Phi) is 5.11. The number of ether oxygens (including phenoxy) is 1. The fourth-order valence-electron chi connectivity index (χ4n) is 3.35. The third kappa shape index (κ3) is 3.12. The molecule has 26 heavy (non-hydrogen) atoms. The van der Waals surface area contributed by atoms with E-state index >= 15 is 0 Å². The molecule has 0 amide bonds. The maximum atomic E-state index is 10.5. The average molecular weight is 378 g/mol. The lowest BCUT2D eigenvalue weighted by Crippen LogP contribution is -2.31. The van der Waals surface area contributed by atoms with Gasteiger partial charge in [0.2, 0.25) is 0 Å². The van der Waals surface area contributed by atoms with Crippen LogP contribution in [0.5, 0.6) is 28.7 Å². The van der Waals surface area contributed by atoms with Gasteiger partial charge in [0.05, 0.1) is 6.10 Å². The van der Waals surface area contributed by atoms with Crippen LogP contribution >= 0.6 is 11.8 Å². The Morgan fingerprint density at radius 1 is 1.08 bits per heavy atom. The van der Waals surface area contributed by atoms with Gasteiger partial charge in [-0.25, -0.2) is 0 Å². The lowest BCUT2D eigenvalue weighted by atomic mass is 9.91. The summed E-state index contributed by atoms with van der Waals surface area (Å²) >= 11 is 1.56. The zero-order valence-electron chi connectivity index (χ0n) is 14.5. The smallest absolute Gasteiger partial charge is 0.157 e. The Bertz CT molecular complexity index is 818. The lowest BCUT2D eigenvalue weighted by molar-refractivity contribution is 0.0189. The number of hydrogen-bond acceptors (Lipinski definition) is 7. The monoisotopic (exact) mass is 378 g/mol. The Balaban J connectivity index is 2.10. The van der Waals surface area contributed by atoms with Gasteiger partial charge in [0.15, 0.2) is 11.5 Å². The van der Waals surface area contributed by atoms with Crippen molar-refractivity contribution >= 4 is 11.8 Å². The van der Waals surface area contributed by atoms with E-state index in [-0.39, 0.29) is 34.7 Å². The van der Waals surface area contributed by atoms with E-state index in [9.17, 15) is 25.5 Å². The second kappa shape index (κ2) is 7.17. The van der Waals surface area contributed by atoms with Crippen LogP contribution in [-0.2, 0) is 6.42 Å². The molecule has 3 rings (SSSR count). The third-order valence-electron chi connectivity index (χ3n) is 4.69. The quantitative estimate of drug-likeness (QED) is 0.519. The Hall–Kier alpha value is -2.25. The van der Waals surface area contributed by atoms with Crippen LogP contribution in [-0.4, -0.2) is 37.9 Å². The van der Waals surface area contributed by atoms with Crippen molar-refractivity contribution in [2.75, 3.05) is 6.26 Å². The number of aromatic hydroxyl groups is 4.